The van der Waals surface area contributed by atoms with Crippen LogP contribution in [0.5, 0.6) is 0 Å². The van der Waals surface area contributed by atoms with Crippen LogP contribution in [0.25, 0.3) is 0 Å². The Hall–Kier alpha value is -0.750. The molecule has 0 spiro atoms. The maximum absolute atomic E-state index is 10.6. The highest BCUT2D eigenvalue weighted by molar-refractivity contribution is 7.99. The molecule has 0 aliphatic rings. The van der Waals surface area contributed by atoms with E-state index in [0.29, 0.717) is 17.9 Å². The Kier molecular flexibility index (Phi) is 7.23. The van der Waals surface area contributed by atoms with Gasteiger partial charge in [0.1, 0.15) is 6.04 Å². The molecule has 5 nitrogen and oxygen atoms in total. The van der Waals surface area contributed by atoms with Gasteiger partial charge in [-0.25, -0.2) is 4.79 Å². The summed E-state index contributed by atoms with van der Waals surface area (Å²) in [5.74, 6) is -0.355. The molecule has 0 aromatic carbocycles. The van der Waals surface area contributed by atoms with E-state index in [-0.39, 0.29) is 12.5 Å². The second-order valence-corrected chi connectivity index (χ2v) is 3.89. The van der Waals surface area contributed by atoms with E-state index in [1.165, 1.54) is 18.7 Å². The normalized spacial score (nSPS) is 12.1. The van der Waals surface area contributed by atoms with Gasteiger partial charge in [0.25, 0.3) is 0 Å². The molecule has 1 atom stereocenters. The summed E-state index contributed by atoms with van der Waals surface area (Å²) in [7, 11) is 0. The highest BCUT2D eigenvalue weighted by Gasteiger charge is 2.17. The zero-order chi connectivity index (χ0) is 11.0. The Balaban J connectivity index is 3.74. The zero-order valence-corrected chi connectivity index (χ0v) is 8.84. The number of carboxylic acid groups (broad SMARTS) is 1. The molecule has 0 aromatic heterocycles. The van der Waals surface area contributed by atoms with E-state index in [1.807, 2.05) is 0 Å². The van der Waals surface area contributed by atoms with E-state index in [1.54, 1.807) is 0 Å². The van der Waals surface area contributed by atoms with Gasteiger partial charge in [-0.15, -0.1) is 0 Å². The van der Waals surface area contributed by atoms with Gasteiger partial charge in [-0.2, -0.15) is 11.8 Å². The summed E-state index contributed by atoms with van der Waals surface area (Å²) in [6, 6.07) is -0.837. The fraction of sp³-hybridized carbons (Fsp3) is 0.750. The monoisotopic (exact) mass is 221 g/mol. The lowest BCUT2D eigenvalue weighted by Crippen LogP contribution is -2.41. The van der Waals surface area contributed by atoms with Gasteiger partial charge < -0.3 is 15.5 Å². The van der Waals surface area contributed by atoms with Crippen molar-refractivity contribution < 1.29 is 19.8 Å². The number of nitrogens with one attached hydrogen (secondary N) is 1. The molecule has 0 saturated heterocycles. The van der Waals surface area contributed by atoms with Gasteiger partial charge in [-0.3, -0.25) is 4.79 Å². The third-order valence-corrected chi connectivity index (χ3v) is 2.55. The third-order valence-electron chi connectivity index (χ3n) is 1.41. The zero-order valence-electron chi connectivity index (χ0n) is 8.02. The number of hydrogen-bond donors (Lipinski definition) is 3. The van der Waals surface area contributed by atoms with Gasteiger partial charge in [0, 0.05) is 19.3 Å². The van der Waals surface area contributed by atoms with E-state index in [9.17, 15) is 9.59 Å². The standard InChI is InChI=1S/C8H15NO4S/c1-6(11)9-7(8(12)13)5-14-4-2-3-10/h7,10H,2-5H2,1H3,(H,9,11)(H,12,13). The molecule has 82 valence electrons. The van der Waals surface area contributed by atoms with Crippen LogP contribution in [0.3, 0.4) is 0 Å². The van der Waals surface area contributed by atoms with Gasteiger partial charge in [0.2, 0.25) is 5.91 Å². The predicted molar refractivity (Wildman–Crippen MR) is 54.3 cm³/mol. The smallest absolute Gasteiger partial charge is 0.327 e. The average Bonchev–Trinajstić information content (AvgIpc) is 2.09. The van der Waals surface area contributed by atoms with Crippen molar-refractivity contribution in [2.75, 3.05) is 18.1 Å². The van der Waals surface area contributed by atoms with E-state index >= 15 is 0 Å². The average molecular weight is 221 g/mol. The molecule has 1 amide bonds. The molecule has 0 aliphatic carbocycles. The quantitative estimate of drug-likeness (QED) is 0.513. The lowest BCUT2D eigenvalue weighted by atomic mass is 10.3. The number of amides is 1. The summed E-state index contributed by atoms with van der Waals surface area (Å²) >= 11 is 1.40. The molecule has 0 aliphatic heterocycles. The van der Waals surface area contributed by atoms with E-state index < -0.39 is 12.0 Å². The Bertz CT molecular complexity index is 198. The van der Waals surface area contributed by atoms with Crippen molar-refractivity contribution in [3.63, 3.8) is 0 Å². The van der Waals surface area contributed by atoms with Crippen molar-refractivity contribution in [2.24, 2.45) is 0 Å². The van der Waals surface area contributed by atoms with Crippen LogP contribution < -0.4 is 5.32 Å². The number of hydrogen-bond acceptors (Lipinski definition) is 4. The molecule has 0 radical (unpaired) electrons. The summed E-state index contributed by atoms with van der Waals surface area (Å²) in [5.41, 5.74) is 0. The van der Waals surface area contributed by atoms with Crippen LogP contribution in [0, 0.1) is 0 Å². The van der Waals surface area contributed by atoms with Gasteiger partial charge in [-0.05, 0) is 12.2 Å². The first kappa shape index (κ1) is 13.2. The largest absolute Gasteiger partial charge is 0.480 e. The van der Waals surface area contributed by atoms with Crippen molar-refractivity contribution in [3.8, 4) is 0 Å². The second kappa shape index (κ2) is 7.64. The van der Waals surface area contributed by atoms with Crippen molar-refractivity contribution in [3.05, 3.63) is 0 Å². The van der Waals surface area contributed by atoms with Gasteiger partial charge >= 0.3 is 5.97 Å². The highest BCUT2D eigenvalue weighted by Crippen LogP contribution is 2.04. The number of aliphatic hydroxyl groups is 1. The Morgan fingerprint density at radius 3 is 2.57 bits per heavy atom. The highest BCUT2D eigenvalue weighted by atomic mass is 32.2. The molecule has 0 saturated carbocycles. The molecule has 0 aromatic rings. The van der Waals surface area contributed by atoms with E-state index in [4.69, 9.17) is 10.2 Å². The van der Waals surface area contributed by atoms with Crippen molar-refractivity contribution in [1.29, 1.82) is 0 Å². The number of thioether (sulfide) groups is 1. The summed E-state index contributed by atoms with van der Waals surface area (Å²) in [4.78, 5) is 21.2. The first-order chi connectivity index (χ1) is 6.57. The van der Waals surface area contributed by atoms with Crippen LogP contribution in [0.1, 0.15) is 13.3 Å². The van der Waals surface area contributed by atoms with Crippen LogP contribution in [0.2, 0.25) is 0 Å². The number of carbonyl (C=O) groups is 2. The summed E-state index contributed by atoms with van der Waals surface area (Å²) in [6.45, 7) is 1.39. The Morgan fingerprint density at radius 1 is 1.50 bits per heavy atom. The number of aliphatic hydroxyl groups excluding tert-OH is 1. The Labute approximate surface area is 86.9 Å². The van der Waals surface area contributed by atoms with Crippen LogP contribution in [-0.4, -0.2) is 46.2 Å². The minimum atomic E-state index is -1.03. The van der Waals surface area contributed by atoms with Crippen molar-refractivity contribution >= 4 is 23.6 Å². The SMILES string of the molecule is CC(=O)NC(CSCCCO)C(=O)O. The molecular formula is C8H15NO4S. The van der Waals surface area contributed by atoms with Crippen LogP contribution in [0.4, 0.5) is 0 Å². The lowest BCUT2D eigenvalue weighted by molar-refractivity contribution is -0.140. The molecule has 0 fully saturated rings. The maximum Gasteiger partial charge on any atom is 0.327 e. The second-order valence-electron chi connectivity index (χ2n) is 2.74. The molecule has 0 heterocycles. The minimum absolute atomic E-state index is 0.102. The minimum Gasteiger partial charge on any atom is -0.480 e. The summed E-state index contributed by atoms with van der Waals surface area (Å²) in [6.07, 6.45) is 0.636. The van der Waals surface area contributed by atoms with Gasteiger partial charge in [0.05, 0.1) is 0 Å². The molecule has 0 bridgehead atoms. The van der Waals surface area contributed by atoms with Gasteiger partial charge in [-0.1, -0.05) is 0 Å². The maximum atomic E-state index is 10.6. The molecule has 14 heavy (non-hydrogen) atoms. The number of aliphatic carboxylic acids is 1. The van der Waals surface area contributed by atoms with Crippen molar-refractivity contribution in [1.82, 2.24) is 5.32 Å². The topological polar surface area (TPSA) is 86.6 Å². The van der Waals surface area contributed by atoms with Crippen molar-refractivity contribution in [2.45, 2.75) is 19.4 Å². The number of carbonyl (C=O) groups excluding carboxylic acids is 1. The van der Waals surface area contributed by atoms with Crippen LogP contribution >= 0.6 is 11.8 Å². The first-order valence-electron chi connectivity index (χ1n) is 4.26. The molecular weight excluding hydrogens is 206 g/mol. The van der Waals surface area contributed by atoms with E-state index in [2.05, 4.69) is 5.32 Å². The number of carboxylic acids is 1. The molecule has 0 rings (SSSR count). The number of rotatable bonds is 7. The van der Waals surface area contributed by atoms with Crippen LogP contribution in [0.15, 0.2) is 0 Å². The van der Waals surface area contributed by atoms with E-state index in [0.717, 1.165) is 0 Å². The third kappa shape index (κ3) is 6.73. The lowest BCUT2D eigenvalue weighted by Gasteiger charge is -2.12. The Morgan fingerprint density at radius 2 is 2.14 bits per heavy atom. The fourth-order valence-corrected chi connectivity index (χ4v) is 1.75. The predicted octanol–water partition coefficient (Wildman–Crippen LogP) is -0.309. The fourth-order valence-electron chi connectivity index (χ4n) is 0.788. The first-order valence-corrected chi connectivity index (χ1v) is 5.42. The summed E-state index contributed by atoms with van der Waals surface area (Å²) in [5, 5.41) is 19.5. The molecule has 3 N–H and O–H groups in total. The van der Waals surface area contributed by atoms with Crippen LogP contribution in [-0.2, 0) is 9.59 Å². The molecule has 1 unspecified atom stereocenters. The summed E-state index contributed by atoms with van der Waals surface area (Å²) < 4.78 is 0. The van der Waals surface area contributed by atoms with Gasteiger partial charge in [0.15, 0.2) is 0 Å². The molecule has 6 heteroatoms.